The van der Waals surface area contributed by atoms with Crippen LogP contribution in [0.25, 0.3) is 0 Å². The van der Waals surface area contributed by atoms with Crippen LogP contribution in [0.15, 0.2) is 42.5 Å². The predicted octanol–water partition coefficient (Wildman–Crippen LogP) is 2.49. The normalized spacial score (nSPS) is 13.5. The Bertz CT molecular complexity index is 808. The number of carbonyl (C=O) groups is 2. The van der Waals surface area contributed by atoms with Crippen molar-refractivity contribution in [1.82, 2.24) is 9.80 Å². The summed E-state index contributed by atoms with van der Waals surface area (Å²) in [7, 11) is 1.82. The number of rotatable bonds is 6. The summed E-state index contributed by atoms with van der Waals surface area (Å²) in [6.07, 6.45) is 0. The van der Waals surface area contributed by atoms with Crippen molar-refractivity contribution >= 4 is 29.1 Å². The van der Waals surface area contributed by atoms with Gasteiger partial charge in [-0.2, -0.15) is 0 Å². The maximum Gasteiger partial charge on any atom is 0.264 e. The second kappa shape index (κ2) is 7.13. The molecule has 0 unspecified atom stereocenters. The first-order chi connectivity index (χ1) is 12.0. The number of amides is 2. The molecule has 2 amide bonds. The lowest BCUT2D eigenvalue weighted by molar-refractivity contribution is 0.0554. The highest BCUT2D eigenvalue weighted by molar-refractivity contribution is 6.30. The molecule has 1 heterocycles. The molecule has 0 fully saturated rings. The van der Waals surface area contributed by atoms with Crippen molar-refractivity contribution in [3.63, 3.8) is 0 Å². The Morgan fingerprint density at radius 2 is 1.84 bits per heavy atom. The first-order valence-electron chi connectivity index (χ1n) is 7.79. The summed E-state index contributed by atoms with van der Waals surface area (Å²) < 4.78 is 5.62. The number of nitrogens with two attached hydrogens (primary N) is 1. The minimum Gasteiger partial charge on any atom is -0.492 e. The van der Waals surface area contributed by atoms with Crippen LogP contribution in [0.4, 0.5) is 5.69 Å². The van der Waals surface area contributed by atoms with Gasteiger partial charge in [-0.1, -0.05) is 17.7 Å². The summed E-state index contributed by atoms with van der Waals surface area (Å²) in [5, 5.41) is 0.648. The molecular formula is C18H18ClN3O3. The van der Waals surface area contributed by atoms with Crippen LogP contribution >= 0.6 is 11.6 Å². The van der Waals surface area contributed by atoms with Crippen LogP contribution in [0, 0.1) is 0 Å². The van der Waals surface area contributed by atoms with Crippen molar-refractivity contribution in [2.45, 2.75) is 0 Å². The Morgan fingerprint density at radius 3 is 2.52 bits per heavy atom. The minimum absolute atomic E-state index is 0.176. The Hall–Kier alpha value is -2.57. The van der Waals surface area contributed by atoms with E-state index in [0.717, 1.165) is 0 Å². The zero-order chi connectivity index (χ0) is 18.0. The molecule has 2 N–H and O–H groups in total. The molecule has 0 atom stereocenters. The quantitative estimate of drug-likeness (QED) is 0.633. The molecule has 0 spiro atoms. The highest BCUT2D eigenvalue weighted by Crippen LogP contribution is 2.27. The number of nitrogens with zero attached hydrogens (tertiary/aromatic N) is 2. The third kappa shape index (κ3) is 3.60. The van der Waals surface area contributed by atoms with Gasteiger partial charge in [-0.3, -0.25) is 19.4 Å². The number of anilines is 1. The Labute approximate surface area is 150 Å². The Kier molecular flexibility index (Phi) is 4.92. The number of benzene rings is 2. The van der Waals surface area contributed by atoms with Crippen LogP contribution in [0.5, 0.6) is 5.75 Å². The fourth-order valence-corrected chi connectivity index (χ4v) is 2.78. The van der Waals surface area contributed by atoms with Crippen LogP contribution in [0.2, 0.25) is 5.02 Å². The number of imide groups is 1. The molecular weight excluding hydrogens is 342 g/mol. The number of likely N-dealkylation sites (N-methyl/N-ethyl adjacent to an activating group) is 1. The van der Waals surface area contributed by atoms with Crippen LogP contribution in [0.1, 0.15) is 20.7 Å². The first kappa shape index (κ1) is 17.3. The summed E-state index contributed by atoms with van der Waals surface area (Å²) in [6.45, 7) is 1.14. The fourth-order valence-electron chi connectivity index (χ4n) is 2.65. The van der Waals surface area contributed by atoms with Gasteiger partial charge in [0.05, 0.1) is 17.8 Å². The fraction of sp³-hybridized carbons (Fsp3) is 0.222. The molecule has 3 rings (SSSR count). The van der Waals surface area contributed by atoms with Gasteiger partial charge >= 0.3 is 0 Å². The molecule has 0 saturated heterocycles. The van der Waals surface area contributed by atoms with Crippen molar-refractivity contribution in [3.05, 3.63) is 58.6 Å². The molecule has 0 saturated carbocycles. The first-order valence-corrected chi connectivity index (χ1v) is 8.17. The van der Waals surface area contributed by atoms with E-state index in [-0.39, 0.29) is 18.5 Å². The van der Waals surface area contributed by atoms with Crippen molar-refractivity contribution in [2.75, 3.05) is 32.6 Å². The number of nitrogen functional groups attached to an aromatic ring is 1. The van der Waals surface area contributed by atoms with E-state index in [9.17, 15) is 9.59 Å². The topological polar surface area (TPSA) is 75.9 Å². The van der Waals surface area contributed by atoms with Gasteiger partial charge in [0.15, 0.2) is 0 Å². The SMILES string of the molecule is CN(CCOc1ccc(Cl)cc1)CN1C(=O)c2cccc(N)c2C1=O. The Balaban J connectivity index is 1.56. The average Bonchev–Trinajstić information content (AvgIpc) is 2.83. The molecule has 2 aromatic carbocycles. The zero-order valence-corrected chi connectivity index (χ0v) is 14.5. The molecule has 0 aromatic heterocycles. The maximum atomic E-state index is 12.4. The summed E-state index contributed by atoms with van der Waals surface area (Å²) in [4.78, 5) is 27.9. The van der Waals surface area contributed by atoms with Crippen molar-refractivity contribution < 1.29 is 14.3 Å². The third-order valence-corrected chi connectivity index (χ3v) is 4.22. The van der Waals surface area contributed by atoms with Crippen molar-refractivity contribution in [2.24, 2.45) is 0 Å². The van der Waals surface area contributed by atoms with E-state index < -0.39 is 0 Å². The van der Waals surface area contributed by atoms with Gasteiger partial charge in [-0.25, -0.2) is 0 Å². The van der Waals surface area contributed by atoms with E-state index in [4.69, 9.17) is 22.1 Å². The van der Waals surface area contributed by atoms with E-state index in [0.29, 0.717) is 40.7 Å². The largest absolute Gasteiger partial charge is 0.492 e. The van der Waals surface area contributed by atoms with Gasteiger partial charge < -0.3 is 10.5 Å². The lowest BCUT2D eigenvalue weighted by Crippen LogP contribution is -2.40. The second-order valence-electron chi connectivity index (χ2n) is 5.83. The summed E-state index contributed by atoms with van der Waals surface area (Å²) in [5.41, 5.74) is 6.80. The molecule has 6 nitrogen and oxygen atoms in total. The van der Waals surface area contributed by atoms with E-state index in [1.165, 1.54) is 4.90 Å². The average molecular weight is 360 g/mol. The highest BCUT2D eigenvalue weighted by atomic mass is 35.5. The van der Waals surface area contributed by atoms with Crippen molar-refractivity contribution in [1.29, 1.82) is 0 Å². The molecule has 0 aliphatic carbocycles. The molecule has 130 valence electrons. The monoisotopic (exact) mass is 359 g/mol. The van der Waals surface area contributed by atoms with E-state index in [1.807, 2.05) is 11.9 Å². The zero-order valence-electron chi connectivity index (χ0n) is 13.7. The van der Waals surface area contributed by atoms with Gasteiger partial charge in [-0.05, 0) is 43.4 Å². The van der Waals surface area contributed by atoms with Gasteiger partial charge in [0.2, 0.25) is 0 Å². The van der Waals surface area contributed by atoms with Crippen LogP contribution in [-0.4, -0.2) is 48.5 Å². The number of halogens is 1. The predicted molar refractivity (Wildman–Crippen MR) is 95.8 cm³/mol. The van der Waals surface area contributed by atoms with Gasteiger partial charge in [0.1, 0.15) is 12.4 Å². The van der Waals surface area contributed by atoms with Crippen LogP contribution in [0.3, 0.4) is 0 Å². The van der Waals surface area contributed by atoms with Gasteiger partial charge in [0, 0.05) is 17.3 Å². The summed E-state index contributed by atoms with van der Waals surface area (Å²) >= 11 is 5.83. The molecule has 25 heavy (non-hydrogen) atoms. The second-order valence-corrected chi connectivity index (χ2v) is 6.27. The maximum absolute atomic E-state index is 12.4. The van der Waals surface area contributed by atoms with E-state index in [1.54, 1.807) is 42.5 Å². The third-order valence-electron chi connectivity index (χ3n) is 3.97. The molecule has 1 aliphatic rings. The standard InChI is InChI=1S/C18H18ClN3O3/c1-21(9-10-25-13-7-5-12(19)6-8-13)11-22-17(23)14-3-2-4-15(20)16(14)18(22)24/h2-8H,9-11,20H2,1H3. The lowest BCUT2D eigenvalue weighted by Gasteiger charge is -2.22. The molecule has 0 bridgehead atoms. The smallest absolute Gasteiger partial charge is 0.264 e. The molecule has 1 aliphatic heterocycles. The number of hydrogen-bond acceptors (Lipinski definition) is 5. The lowest BCUT2D eigenvalue weighted by atomic mass is 10.1. The minimum atomic E-state index is -0.358. The van der Waals surface area contributed by atoms with Crippen LogP contribution in [-0.2, 0) is 0 Å². The van der Waals surface area contributed by atoms with Crippen molar-refractivity contribution in [3.8, 4) is 5.75 Å². The summed E-state index contributed by atoms with van der Waals surface area (Å²) in [6, 6.07) is 12.0. The van der Waals surface area contributed by atoms with Crippen LogP contribution < -0.4 is 10.5 Å². The van der Waals surface area contributed by atoms with Gasteiger partial charge in [0.25, 0.3) is 11.8 Å². The number of carbonyl (C=O) groups excluding carboxylic acids is 2. The number of hydrogen-bond donors (Lipinski definition) is 1. The van der Waals surface area contributed by atoms with E-state index >= 15 is 0 Å². The highest BCUT2D eigenvalue weighted by Gasteiger charge is 2.37. The Morgan fingerprint density at radius 1 is 1.12 bits per heavy atom. The number of fused-ring (bicyclic) bond motifs is 1. The molecule has 7 heteroatoms. The molecule has 0 radical (unpaired) electrons. The van der Waals surface area contributed by atoms with E-state index in [2.05, 4.69) is 0 Å². The number of ether oxygens (including phenoxy) is 1. The summed E-state index contributed by atoms with van der Waals surface area (Å²) in [5.74, 6) is 0.0349. The van der Waals surface area contributed by atoms with Gasteiger partial charge in [-0.15, -0.1) is 0 Å². The molecule has 2 aromatic rings.